The third-order valence-corrected chi connectivity index (χ3v) is 3.09. The lowest BCUT2D eigenvalue weighted by Crippen LogP contribution is -2.49. The van der Waals surface area contributed by atoms with Gasteiger partial charge in [-0.25, -0.2) is 0 Å². The largest absolute Gasteiger partial charge is 0.494 e. The van der Waals surface area contributed by atoms with Crippen molar-refractivity contribution in [2.75, 3.05) is 6.61 Å². The number of rotatable bonds is 7. The number of benzene rings is 1. The lowest BCUT2D eigenvalue weighted by molar-refractivity contribution is -0.384. The maximum absolute atomic E-state index is 11.0. The lowest BCUT2D eigenvalue weighted by atomic mass is 9.97. The zero-order valence-corrected chi connectivity index (χ0v) is 11.7. The molecule has 7 nitrogen and oxygen atoms in total. The molecule has 0 saturated carbocycles. The van der Waals surface area contributed by atoms with Gasteiger partial charge < -0.3 is 16.2 Å². The van der Waals surface area contributed by atoms with Crippen LogP contribution in [0.2, 0.25) is 5.02 Å². The van der Waals surface area contributed by atoms with Crippen LogP contribution < -0.4 is 16.2 Å². The third-order valence-electron chi connectivity index (χ3n) is 2.79. The van der Waals surface area contributed by atoms with Crippen LogP contribution in [0.15, 0.2) is 18.2 Å². The molecule has 0 aliphatic heterocycles. The van der Waals surface area contributed by atoms with Crippen molar-refractivity contribution < 1.29 is 14.5 Å². The van der Waals surface area contributed by atoms with E-state index in [1.807, 2.05) is 0 Å². The van der Waals surface area contributed by atoms with E-state index in [-0.39, 0.29) is 10.7 Å². The van der Waals surface area contributed by atoms with Gasteiger partial charge in [0.15, 0.2) is 0 Å². The second-order valence-electron chi connectivity index (χ2n) is 4.60. The van der Waals surface area contributed by atoms with E-state index in [9.17, 15) is 14.9 Å². The minimum atomic E-state index is -1.07. The smallest absolute Gasteiger partial charge is 0.288 e. The first kappa shape index (κ1) is 16.2. The summed E-state index contributed by atoms with van der Waals surface area (Å²) in [7, 11) is 0. The average Bonchev–Trinajstić information content (AvgIpc) is 2.34. The molecule has 1 atom stereocenters. The number of amides is 1. The predicted molar refractivity (Wildman–Crippen MR) is 74.6 cm³/mol. The summed E-state index contributed by atoms with van der Waals surface area (Å²) in [6.45, 7) is 1.85. The molecule has 110 valence electrons. The van der Waals surface area contributed by atoms with Gasteiger partial charge in [0, 0.05) is 12.1 Å². The number of hydrogen-bond acceptors (Lipinski definition) is 5. The number of nitro groups is 1. The first-order chi connectivity index (χ1) is 9.24. The topological polar surface area (TPSA) is 121 Å². The molecule has 8 heteroatoms. The number of carbonyl (C=O) groups excluding carboxylic acids is 1. The van der Waals surface area contributed by atoms with Crippen LogP contribution in [0.5, 0.6) is 5.75 Å². The molecule has 0 aliphatic rings. The van der Waals surface area contributed by atoms with Gasteiger partial charge in [-0.15, -0.1) is 0 Å². The molecule has 0 aromatic heterocycles. The van der Waals surface area contributed by atoms with Gasteiger partial charge in [0.1, 0.15) is 10.8 Å². The number of ether oxygens (including phenoxy) is 1. The molecule has 0 spiro atoms. The van der Waals surface area contributed by atoms with Crippen molar-refractivity contribution in [3.8, 4) is 5.75 Å². The zero-order valence-electron chi connectivity index (χ0n) is 11.0. The van der Waals surface area contributed by atoms with Gasteiger partial charge in [0.2, 0.25) is 5.91 Å². The highest BCUT2D eigenvalue weighted by molar-refractivity contribution is 6.32. The minimum Gasteiger partial charge on any atom is -0.494 e. The maximum atomic E-state index is 11.0. The van der Waals surface area contributed by atoms with E-state index < -0.39 is 16.4 Å². The van der Waals surface area contributed by atoms with Gasteiger partial charge in [0.25, 0.3) is 5.69 Å². The van der Waals surface area contributed by atoms with Crippen molar-refractivity contribution in [2.24, 2.45) is 11.5 Å². The molecule has 4 N–H and O–H groups in total. The van der Waals surface area contributed by atoms with Crippen molar-refractivity contribution in [1.82, 2.24) is 0 Å². The number of primary amides is 1. The van der Waals surface area contributed by atoms with E-state index >= 15 is 0 Å². The van der Waals surface area contributed by atoms with Gasteiger partial charge in [-0.1, -0.05) is 11.6 Å². The Morgan fingerprint density at radius 3 is 2.70 bits per heavy atom. The minimum absolute atomic E-state index is 0.00768. The van der Waals surface area contributed by atoms with Crippen molar-refractivity contribution in [2.45, 2.75) is 25.3 Å². The fourth-order valence-corrected chi connectivity index (χ4v) is 1.72. The van der Waals surface area contributed by atoms with E-state index in [1.54, 1.807) is 6.92 Å². The molecule has 0 saturated heterocycles. The number of nitrogens with zero attached hydrogens (tertiary/aromatic N) is 1. The molecule has 1 aromatic carbocycles. The Bertz CT molecular complexity index is 519. The van der Waals surface area contributed by atoms with Crippen LogP contribution >= 0.6 is 11.6 Å². The monoisotopic (exact) mass is 301 g/mol. The SMILES string of the molecule is CC(N)(CCCOc1ccc([N+](=O)[O-])c(Cl)c1)C(N)=O. The van der Waals surface area contributed by atoms with Crippen molar-refractivity contribution >= 4 is 23.2 Å². The lowest BCUT2D eigenvalue weighted by Gasteiger charge is -2.20. The van der Waals surface area contributed by atoms with Crippen LogP contribution in [-0.2, 0) is 4.79 Å². The van der Waals surface area contributed by atoms with Crippen molar-refractivity contribution in [3.05, 3.63) is 33.3 Å². The Morgan fingerprint density at radius 2 is 2.20 bits per heavy atom. The standard InChI is InChI=1S/C12H16ClN3O4/c1-12(15,11(14)17)5-2-6-20-8-3-4-10(16(18)19)9(13)7-8/h3-4,7H,2,5-6,15H2,1H3,(H2,14,17). The summed E-state index contributed by atoms with van der Waals surface area (Å²) in [5.74, 6) is -0.158. The number of halogens is 1. The third kappa shape index (κ3) is 4.36. The van der Waals surface area contributed by atoms with Crippen LogP contribution in [0.3, 0.4) is 0 Å². The maximum Gasteiger partial charge on any atom is 0.288 e. The number of hydrogen-bond donors (Lipinski definition) is 2. The summed E-state index contributed by atoms with van der Waals surface area (Å²) < 4.78 is 5.38. The highest BCUT2D eigenvalue weighted by Gasteiger charge is 2.24. The number of nitro benzene ring substituents is 1. The van der Waals surface area contributed by atoms with E-state index in [0.29, 0.717) is 25.2 Å². The normalized spacial score (nSPS) is 13.6. The Balaban J connectivity index is 2.49. The highest BCUT2D eigenvalue weighted by atomic mass is 35.5. The molecule has 20 heavy (non-hydrogen) atoms. The molecule has 1 unspecified atom stereocenters. The summed E-state index contributed by atoms with van der Waals surface area (Å²) in [5.41, 5.74) is 9.58. The number of carbonyl (C=O) groups is 1. The average molecular weight is 302 g/mol. The van der Waals surface area contributed by atoms with Gasteiger partial charge in [-0.3, -0.25) is 14.9 Å². The van der Waals surface area contributed by atoms with Gasteiger partial charge >= 0.3 is 0 Å². The molecule has 1 aromatic rings. The Morgan fingerprint density at radius 1 is 1.55 bits per heavy atom. The van der Waals surface area contributed by atoms with E-state index in [1.165, 1.54) is 18.2 Å². The van der Waals surface area contributed by atoms with Gasteiger partial charge in [-0.2, -0.15) is 0 Å². The quantitative estimate of drug-likeness (QED) is 0.450. The van der Waals surface area contributed by atoms with Crippen LogP contribution in [0.1, 0.15) is 19.8 Å². The zero-order chi connectivity index (χ0) is 15.3. The summed E-state index contributed by atoms with van der Waals surface area (Å²) in [6.07, 6.45) is 0.896. The fraction of sp³-hybridized carbons (Fsp3) is 0.417. The molecule has 0 aliphatic carbocycles. The predicted octanol–water partition coefficient (Wildman–Crippen LogP) is 1.61. The van der Waals surface area contributed by atoms with Gasteiger partial charge in [0.05, 0.1) is 17.1 Å². The first-order valence-electron chi connectivity index (χ1n) is 5.89. The van der Waals surface area contributed by atoms with Gasteiger partial charge in [-0.05, 0) is 25.8 Å². The summed E-state index contributed by atoms with van der Waals surface area (Å²) in [6, 6.07) is 4.10. The Hall–Kier alpha value is -1.86. The number of nitrogens with two attached hydrogens (primary N) is 2. The first-order valence-corrected chi connectivity index (χ1v) is 6.27. The molecule has 0 fully saturated rings. The van der Waals surface area contributed by atoms with Crippen LogP contribution in [0.25, 0.3) is 0 Å². The Labute approximate surface area is 121 Å². The highest BCUT2D eigenvalue weighted by Crippen LogP contribution is 2.28. The van der Waals surface area contributed by atoms with Crippen molar-refractivity contribution in [3.63, 3.8) is 0 Å². The molecule has 0 bridgehead atoms. The van der Waals surface area contributed by atoms with Crippen LogP contribution in [-0.4, -0.2) is 23.0 Å². The van der Waals surface area contributed by atoms with Crippen LogP contribution in [0, 0.1) is 10.1 Å². The van der Waals surface area contributed by atoms with E-state index in [0.717, 1.165) is 0 Å². The van der Waals surface area contributed by atoms with E-state index in [2.05, 4.69) is 0 Å². The summed E-state index contributed by atoms with van der Waals surface area (Å²) in [4.78, 5) is 21.0. The van der Waals surface area contributed by atoms with Crippen LogP contribution in [0.4, 0.5) is 5.69 Å². The second-order valence-corrected chi connectivity index (χ2v) is 5.01. The molecule has 0 heterocycles. The molecular formula is C12H16ClN3O4. The fourth-order valence-electron chi connectivity index (χ4n) is 1.48. The molecule has 0 radical (unpaired) electrons. The second kappa shape index (κ2) is 6.53. The van der Waals surface area contributed by atoms with E-state index in [4.69, 9.17) is 27.8 Å². The van der Waals surface area contributed by atoms with Crippen molar-refractivity contribution in [1.29, 1.82) is 0 Å². The summed E-state index contributed by atoms with van der Waals surface area (Å²) in [5, 5.41) is 10.6. The molecule has 1 rings (SSSR count). The summed E-state index contributed by atoms with van der Waals surface area (Å²) >= 11 is 5.75. The molecular weight excluding hydrogens is 286 g/mol. The molecule has 1 amide bonds. The Kier molecular flexibility index (Phi) is 5.29.